The van der Waals surface area contributed by atoms with Gasteiger partial charge in [0.15, 0.2) is 6.10 Å². The highest BCUT2D eigenvalue weighted by Gasteiger charge is 2.29. The molecule has 2 N–H and O–H groups in total. The van der Waals surface area contributed by atoms with Crippen molar-refractivity contribution in [3.05, 3.63) is 39.7 Å². The van der Waals surface area contributed by atoms with Crippen LogP contribution in [0.2, 0.25) is 0 Å². The van der Waals surface area contributed by atoms with Gasteiger partial charge in [-0.25, -0.2) is 4.79 Å². The van der Waals surface area contributed by atoms with E-state index in [0.29, 0.717) is 27.5 Å². The van der Waals surface area contributed by atoms with E-state index in [2.05, 4.69) is 4.98 Å². The van der Waals surface area contributed by atoms with Gasteiger partial charge in [-0.3, -0.25) is 19.2 Å². The van der Waals surface area contributed by atoms with Crippen molar-refractivity contribution < 1.29 is 43.3 Å². The molecular weight excluding hydrogens is 791 g/mol. The number of aromatic carboxylic acids is 1. The lowest BCUT2D eigenvalue weighted by Gasteiger charge is -2.17. The van der Waals surface area contributed by atoms with Gasteiger partial charge in [0.2, 0.25) is 5.78 Å². The number of carboxylic acids is 1. The molecule has 1 atom stereocenters. The van der Waals surface area contributed by atoms with Gasteiger partial charge < -0.3 is 24.3 Å². The molecule has 2 aromatic rings. The molecule has 10 nitrogen and oxygen atoms in total. The number of rotatable bonds is 9. The van der Waals surface area contributed by atoms with Gasteiger partial charge in [0.1, 0.15) is 13.2 Å². The zero-order valence-electron chi connectivity index (χ0n) is 18.0. The maximum absolute atomic E-state index is 12.9. The van der Waals surface area contributed by atoms with Crippen molar-refractivity contribution in [1.82, 2.24) is 4.98 Å². The Labute approximate surface area is 234 Å². The Hall–Kier alpha value is -1.76. The molecule has 0 saturated carbocycles. The lowest BCUT2D eigenvalue weighted by Crippen LogP contribution is -2.32. The largest absolute Gasteiger partial charge is 0.478 e. The average Bonchev–Trinajstić information content (AvgIpc) is 3.19. The van der Waals surface area contributed by atoms with Crippen LogP contribution in [0.5, 0.6) is 0 Å². The molecule has 2 rings (SSSR count). The zero-order valence-corrected chi connectivity index (χ0v) is 24.5. The van der Waals surface area contributed by atoms with Crippen LogP contribution in [0.25, 0.3) is 11.3 Å². The molecular formula is C21H18I3NO9. The van der Waals surface area contributed by atoms with Gasteiger partial charge >= 0.3 is 23.9 Å². The minimum absolute atomic E-state index is 0.0360. The van der Waals surface area contributed by atoms with Gasteiger partial charge in [-0.15, -0.1) is 0 Å². The molecule has 0 bridgehead atoms. The number of aromatic amines is 1. The van der Waals surface area contributed by atoms with E-state index >= 15 is 0 Å². The maximum Gasteiger partial charge on any atom is 0.337 e. The molecule has 1 aromatic carbocycles. The zero-order chi connectivity index (χ0) is 25.7. The number of ketones is 1. The summed E-state index contributed by atoms with van der Waals surface area (Å²) in [6, 6.07) is 3.04. The summed E-state index contributed by atoms with van der Waals surface area (Å²) in [5, 5.41) is 9.79. The topological polar surface area (TPSA) is 149 Å². The van der Waals surface area contributed by atoms with Gasteiger partial charge in [0.25, 0.3) is 0 Å². The molecule has 1 heterocycles. The molecule has 0 amide bonds. The van der Waals surface area contributed by atoms with Crippen LogP contribution in [0.15, 0.2) is 12.1 Å². The molecule has 1 aromatic heterocycles. The molecule has 0 aliphatic carbocycles. The number of ether oxygens (including phenoxy) is 3. The molecule has 34 heavy (non-hydrogen) atoms. The van der Waals surface area contributed by atoms with Crippen molar-refractivity contribution in [2.24, 2.45) is 0 Å². The summed E-state index contributed by atoms with van der Waals surface area (Å²) in [6.45, 7) is 2.97. The van der Waals surface area contributed by atoms with Crippen LogP contribution in [0.3, 0.4) is 0 Å². The van der Waals surface area contributed by atoms with E-state index in [1.54, 1.807) is 6.07 Å². The Kier molecular flexibility index (Phi) is 10.3. The monoisotopic (exact) mass is 809 g/mol. The molecule has 0 fully saturated rings. The number of benzene rings is 1. The molecule has 182 valence electrons. The second-order valence-corrected chi connectivity index (χ2v) is 10.0. The van der Waals surface area contributed by atoms with E-state index < -0.39 is 42.4 Å². The van der Waals surface area contributed by atoms with Crippen LogP contribution in [-0.4, -0.2) is 52.5 Å². The fourth-order valence-corrected chi connectivity index (χ4v) is 7.38. The number of esters is 3. The minimum Gasteiger partial charge on any atom is -0.478 e. The van der Waals surface area contributed by atoms with Crippen molar-refractivity contribution >= 4 is 97.4 Å². The van der Waals surface area contributed by atoms with E-state index in [0.717, 1.165) is 13.8 Å². The Morgan fingerprint density at radius 2 is 1.53 bits per heavy atom. The van der Waals surface area contributed by atoms with Gasteiger partial charge in [-0.05, 0) is 79.9 Å². The van der Waals surface area contributed by atoms with Gasteiger partial charge in [0, 0.05) is 48.3 Å². The second-order valence-electron chi connectivity index (χ2n) is 6.81. The summed E-state index contributed by atoms with van der Waals surface area (Å²) < 4.78 is 16.4. The van der Waals surface area contributed by atoms with E-state index in [1.807, 2.05) is 67.8 Å². The number of hydrogen-bond acceptors (Lipinski definition) is 8. The summed E-state index contributed by atoms with van der Waals surface area (Å²) in [7, 11) is 0. The molecule has 1 unspecified atom stereocenters. The predicted molar refractivity (Wildman–Crippen MR) is 143 cm³/mol. The third-order valence-corrected chi connectivity index (χ3v) is 7.76. The number of aromatic nitrogens is 1. The standard InChI is InChI=1S/C21H18I3NO9/c1-8(26)32-6-11-17(22)15(19(24)16(18(11)23)21(30)31)12-4-5-13(25-12)20(29)14(34-10(3)28)7-33-9(2)27/h4-5,14,25H,6-7H2,1-3H3,(H,30,31). The summed E-state index contributed by atoms with van der Waals surface area (Å²) in [5.41, 5.74) is 1.55. The quantitative estimate of drug-likeness (QED) is 0.167. The lowest BCUT2D eigenvalue weighted by atomic mass is 10.0. The number of halogens is 3. The molecule has 0 aliphatic rings. The highest BCUT2D eigenvalue weighted by molar-refractivity contribution is 14.1. The number of Topliss-reactive ketones (excluding diaryl/α,β-unsaturated/α-hetero) is 1. The van der Waals surface area contributed by atoms with E-state index in [4.69, 9.17) is 14.2 Å². The summed E-state index contributed by atoms with van der Waals surface area (Å²) in [6.07, 6.45) is -1.35. The van der Waals surface area contributed by atoms with Crippen molar-refractivity contribution in [2.45, 2.75) is 33.5 Å². The van der Waals surface area contributed by atoms with Crippen LogP contribution >= 0.6 is 67.8 Å². The Bertz CT molecular complexity index is 1170. The fraction of sp³-hybridized carbons (Fsp3) is 0.286. The van der Waals surface area contributed by atoms with E-state index in [9.17, 15) is 29.1 Å². The first-order valence-electron chi connectivity index (χ1n) is 9.45. The average molecular weight is 809 g/mol. The third kappa shape index (κ3) is 6.89. The first-order valence-corrected chi connectivity index (χ1v) is 12.7. The normalized spacial score (nSPS) is 11.5. The SMILES string of the molecule is CC(=O)OCc1c(I)c(C(=O)O)c(I)c(-c2ccc(C(=O)C(COC(C)=O)OC(C)=O)[nH]2)c1I. The summed E-state index contributed by atoms with van der Waals surface area (Å²) >= 11 is 5.85. The lowest BCUT2D eigenvalue weighted by molar-refractivity contribution is -0.153. The first kappa shape index (κ1) is 28.5. The second kappa shape index (κ2) is 12.3. The first-order chi connectivity index (χ1) is 15.8. The number of carboxylic acid groups (broad SMARTS) is 1. The molecule has 0 spiro atoms. The summed E-state index contributed by atoms with van der Waals surface area (Å²) in [4.78, 5) is 61.7. The van der Waals surface area contributed by atoms with Crippen LogP contribution in [0.4, 0.5) is 0 Å². The molecule has 0 saturated heterocycles. The Balaban J connectivity index is 2.56. The van der Waals surface area contributed by atoms with Gasteiger partial charge in [-0.2, -0.15) is 0 Å². The number of carbonyl (C=O) groups excluding carboxylic acids is 4. The van der Waals surface area contributed by atoms with Crippen molar-refractivity contribution in [1.29, 1.82) is 0 Å². The van der Waals surface area contributed by atoms with E-state index in [-0.39, 0.29) is 17.9 Å². The molecule has 0 aliphatic heterocycles. The van der Waals surface area contributed by atoms with E-state index in [1.165, 1.54) is 13.0 Å². The van der Waals surface area contributed by atoms with Gasteiger partial charge in [-0.1, -0.05) is 0 Å². The molecule has 0 radical (unpaired) electrons. The van der Waals surface area contributed by atoms with Gasteiger partial charge in [0.05, 0.1) is 11.3 Å². The van der Waals surface area contributed by atoms with Crippen molar-refractivity contribution in [3.63, 3.8) is 0 Å². The Morgan fingerprint density at radius 1 is 0.912 bits per heavy atom. The maximum atomic E-state index is 12.9. The highest BCUT2D eigenvalue weighted by atomic mass is 127. The van der Waals surface area contributed by atoms with Crippen LogP contribution < -0.4 is 0 Å². The molecule has 13 heteroatoms. The Morgan fingerprint density at radius 3 is 2.06 bits per heavy atom. The third-order valence-electron chi connectivity index (χ3n) is 4.30. The van der Waals surface area contributed by atoms with Crippen LogP contribution in [0.1, 0.15) is 47.2 Å². The number of carbonyl (C=O) groups is 5. The smallest absolute Gasteiger partial charge is 0.337 e. The predicted octanol–water partition coefficient (Wildman–Crippen LogP) is 3.93. The van der Waals surface area contributed by atoms with Crippen molar-refractivity contribution in [2.75, 3.05) is 6.61 Å². The number of H-pyrrole nitrogens is 1. The van der Waals surface area contributed by atoms with Crippen LogP contribution in [-0.2, 0) is 35.2 Å². The summed E-state index contributed by atoms with van der Waals surface area (Å²) in [5.74, 6) is -3.66. The fourth-order valence-electron chi connectivity index (χ4n) is 2.86. The number of nitrogens with one attached hydrogen (secondary N) is 1. The number of hydrogen-bond donors (Lipinski definition) is 2. The highest BCUT2D eigenvalue weighted by Crippen LogP contribution is 2.38. The van der Waals surface area contributed by atoms with Crippen molar-refractivity contribution in [3.8, 4) is 11.3 Å². The van der Waals surface area contributed by atoms with Crippen LogP contribution in [0, 0.1) is 10.7 Å². The minimum atomic E-state index is -1.35.